The van der Waals surface area contributed by atoms with Gasteiger partial charge < -0.3 is 14.8 Å². The molecular weight excluding hydrogens is 392 g/mol. The lowest BCUT2D eigenvalue weighted by Gasteiger charge is -2.07. The molecule has 0 aliphatic rings. The van der Waals surface area contributed by atoms with E-state index in [1.807, 2.05) is 25.1 Å². The molecule has 0 unspecified atom stereocenters. The van der Waals surface area contributed by atoms with Gasteiger partial charge in [-0.2, -0.15) is 0 Å². The Kier molecular flexibility index (Phi) is 6.56. The van der Waals surface area contributed by atoms with Gasteiger partial charge in [0.2, 0.25) is 0 Å². The van der Waals surface area contributed by atoms with Gasteiger partial charge in [-0.1, -0.05) is 31.2 Å². The Balaban J connectivity index is 1.64. The molecule has 8 heteroatoms. The van der Waals surface area contributed by atoms with Crippen molar-refractivity contribution in [1.82, 2.24) is 4.98 Å². The van der Waals surface area contributed by atoms with Crippen LogP contribution in [0.4, 0.5) is 5.00 Å². The summed E-state index contributed by atoms with van der Waals surface area (Å²) >= 11 is 1.29. The SMILES string of the molecule is CCOC(=O)c1cc(CC)sc1NC(=O)COC(=O)c1ccc2ccccc2n1. The van der Waals surface area contributed by atoms with Crippen molar-refractivity contribution in [2.45, 2.75) is 20.3 Å². The van der Waals surface area contributed by atoms with Crippen molar-refractivity contribution in [1.29, 1.82) is 0 Å². The highest BCUT2D eigenvalue weighted by Crippen LogP contribution is 2.29. The second kappa shape index (κ2) is 9.29. The van der Waals surface area contributed by atoms with E-state index >= 15 is 0 Å². The average molecular weight is 412 g/mol. The zero-order valence-electron chi connectivity index (χ0n) is 16.1. The Morgan fingerprint density at radius 3 is 2.59 bits per heavy atom. The van der Waals surface area contributed by atoms with Crippen molar-refractivity contribution in [3.05, 3.63) is 58.6 Å². The molecule has 0 aliphatic carbocycles. The van der Waals surface area contributed by atoms with Gasteiger partial charge in [0.05, 0.1) is 17.7 Å². The molecule has 0 radical (unpaired) electrons. The molecule has 0 saturated heterocycles. The van der Waals surface area contributed by atoms with E-state index in [4.69, 9.17) is 9.47 Å². The molecule has 0 spiro atoms. The van der Waals surface area contributed by atoms with Crippen molar-refractivity contribution < 1.29 is 23.9 Å². The first-order valence-corrected chi connectivity index (χ1v) is 9.96. The maximum absolute atomic E-state index is 12.2. The number of carbonyl (C=O) groups is 3. The summed E-state index contributed by atoms with van der Waals surface area (Å²) < 4.78 is 10.1. The van der Waals surface area contributed by atoms with Gasteiger partial charge in [0.15, 0.2) is 6.61 Å². The third kappa shape index (κ3) is 4.97. The number of esters is 2. The molecule has 1 amide bonds. The fourth-order valence-electron chi connectivity index (χ4n) is 2.62. The number of benzene rings is 1. The normalized spacial score (nSPS) is 10.6. The number of thiophene rings is 1. The number of anilines is 1. The molecule has 2 heterocycles. The Morgan fingerprint density at radius 2 is 1.83 bits per heavy atom. The number of carbonyl (C=O) groups excluding carboxylic acids is 3. The number of aromatic nitrogens is 1. The summed E-state index contributed by atoms with van der Waals surface area (Å²) in [7, 11) is 0. The maximum atomic E-state index is 12.2. The van der Waals surface area contributed by atoms with Crippen LogP contribution in [0.3, 0.4) is 0 Å². The summed E-state index contributed by atoms with van der Waals surface area (Å²) in [4.78, 5) is 41.7. The molecule has 3 rings (SSSR count). The van der Waals surface area contributed by atoms with Gasteiger partial charge in [-0.3, -0.25) is 4.79 Å². The van der Waals surface area contributed by atoms with Crippen molar-refractivity contribution >= 4 is 45.1 Å². The number of fused-ring (bicyclic) bond motifs is 1. The zero-order chi connectivity index (χ0) is 20.8. The summed E-state index contributed by atoms with van der Waals surface area (Å²) in [5, 5.41) is 3.90. The lowest BCUT2D eigenvalue weighted by atomic mass is 10.2. The molecule has 0 saturated carbocycles. The second-order valence-corrected chi connectivity index (χ2v) is 7.18. The fraction of sp³-hybridized carbons (Fsp3) is 0.238. The van der Waals surface area contributed by atoms with Gasteiger partial charge in [0.25, 0.3) is 5.91 Å². The van der Waals surface area contributed by atoms with Crippen LogP contribution < -0.4 is 5.32 Å². The average Bonchev–Trinajstić information content (AvgIpc) is 3.14. The van der Waals surface area contributed by atoms with E-state index in [-0.39, 0.29) is 12.3 Å². The van der Waals surface area contributed by atoms with Crippen molar-refractivity contribution in [2.75, 3.05) is 18.5 Å². The molecule has 2 aromatic heterocycles. The fourth-order valence-corrected chi connectivity index (χ4v) is 3.62. The van der Waals surface area contributed by atoms with Crippen molar-refractivity contribution in [2.24, 2.45) is 0 Å². The molecule has 1 aromatic carbocycles. The van der Waals surface area contributed by atoms with Crippen LogP contribution in [0.5, 0.6) is 0 Å². The molecule has 1 N–H and O–H groups in total. The Hall–Kier alpha value is -3.26. The number of hydrogen-bond acceptors (Lipinski definition) is 7. The maximum Gasteiger partial charge on any atom is 0.357 e. The van der Waals surface area contributed by atoms with E-state index < -0.39 is 24.5 Å². The van der Waals surface area contributed by atoms with Gasteiger partial charge in [-0.25, -0.2) is 14.6 Å². The van der Waals surface area contributed by atoms with E-state index in [1.165, 1.54) is 11.3 Å². The summed E-state index contributed by atoms with van der Waals surface area (Å²) in [6.07, 6.45) is 0.718. The van der Waals surface area contributed by atoms with Gasteiger partial charge >= 0.3 is 11.9 Å². The molecule has 0 aliphatic heterocycles. The summed E-state index contributed by atoms with van der Waals surface area (Å²) in [6.45, 7) is 3.41. The number of rotatable bonds is 7. The molecule has 150 valence electrons. The molecule has 29 heavy (non-hydrogen) atoms. The van der Waals surface area contributed by atoms with E-state index in [9.17, 15) is 14.4 Å². The van der Waals surface area contributed by atoms with E-state index in [0.29, 0.717) is 16.1 Å². The number of nitrogens with one attached hydrogen (secondary N) is 1. The minimum atomic E-state index is -0.697. The van der Waals surface area contributed by atoms with Crippen molar-refractivity contribution in [3.63, 3.8) is 0 Å². The van der Waals surface area contributed by atoms with Crippen LogP contribution in [0.2, 0.25) is 0 Å². The van der Waals surface area contributed by atoms with Crippen LogP contribution in [0.25, 0.3) is 10.9 Å². The van der Waals surface area contributed by atoms with Gasteiger partial charge in [-0.15, -0.1) is 11.3 Å². The topological polar surface area (TPSA) is 94.6 Å². The third-order valence-electron chi connectivity index (χ3n) is 4.02. The Bertz CT molecular complexity index is 1060. The quantitative estimate of drug-likeness (QED) is 0.593. The number of nitrogens with zero attached hydrogens (tertiary/aromatic N) is 1. The van der Waals surface area contributed by atoms with Crippen LogP contribution in [0.15, 0.2) is 42.5 Å². The highest BCUT2D eigenvalue weighted by Gasteiger charge is 2.19. The smallest absolute Gasteiger partial charge is 0.357 e. The third-order valence-corrected chi connectivity index (χ3v) is 5.22. The molecule has 0 atom stereocenters. The Labute approximate surface area is 171 Å². The molecular formula is C21H20N2O5S. The van der Waals surface area contributed by atoms with Gasteiger partial charge in [0.1, 0.15) is 10.7 Å². The summed E-state index contributed by atoms with van der Waals surface area (Å²) in [6, 6.07) is 12.4. The largest absolute Gasteiger partial charge is 0.462 e. The van der Waals surface area contributed by atoms with E-state index in [2.05, 4.69) is 10.3 Å². The monoisotopic (exact) mass is 412 g/mol. The molecule has 3 aromatic rings. The second-order valence-electron chi connectivity index (χ2n) is 6.04. The standard InChI is InChI=1S/C21H20N2O5S/c1-3-14-11-15(20(25)27-4-2)19(29-14)23-18(24)12-28-21(26)17-10-9-13-7-5-6-8-16(13)22-17/h5-11H,3-4,12H2,1-2H3,(H,23,24). The predicted molar refractivity (Wildman–Crippen MR) is 110 cm³/mol. The van der Waals surface area contributed by atoms with Crippen LogP contribution in [-0.2, 0) is 20.7 Å². The van der Waals surface area contributed by atoms with Gasteiger partial charge in [-0.05, 0) is 31.5 Å². The number of para-hydroxylation sites is 1. The first-order chi connectivity index (χ1) is 14.0. The van der Waals surface area contributed by atoms with Crippen LogP contribution in [0.1, 0.15) is 39.6 Å². The summed E-state index contributed by atoms with van der Waals surface area (Å²) in [5.41, 5.74) is 1.08. The van der Waals surface area contributed by atoms with E-state index in [0.717, 1.165) is 16.7 Å². The minimum absolute atomic E-state index is 0.119. The van der Waals surface area contributed by atoms with E-state index in [1.54, 1.807) is 31.2 Å². The molecule has 0 fully saturated rings. The molecule has 7 nitrogen and oxygen atoms in total. The van der Waals surface area contributed by atoms with Gasteiger partial charge in [0, 0.05) is 10.3 Å². The number of pyridine rings is 1. The molecule has 0 bridgehead atoms. The van der Waals surface area contributed by atoms with Crippen LogP contribution in [0, 0.1) is 0 Å². The van der Waals surface area contributed by atoms with Crippen LogP contribution in [-0.4, -0.2) is 36.0 Å². The predicted octanol–water partition coefficient (Wildman–Crippen LogP) is 3.83. The lowest BCUT2D eigenvalue weighted by Crippen LogP contribution is -2.22. The number of hydrogen-bond donors (Lipinski definition) is 1. The minimum Gasteiger partial charge on any atom is -0.462 e. The highest BCUT2D eigenvalue weighted by molar-refractivity contribution is 7.16. The lowest BCUT2D eigenvalue weighted by molar-refractivity contribution is -0.119. The van der Waals surface area contributed by atoms with Crippen molar-refractivity contribution in [3.8, 4) is 0 Å². The highest BCUT2D eigenvalue weighted by atomic mass is 32.1. The first kappa shape index (κ1) is 20.5. The first-order valence-electron chi connectivity index (χ1n) is 9.14. The zero-order valence-corrected chi connectivity index (χ0v) is 16.9. The number of aryl methyl sites for hydroxylation is 1. The Morgan fingerprint density at radius 1 is 1.03 bits per heavy atom. The number of ether oxygens (including phenoxy) is 2. The number of amides is 1. The summed E-state index contributed by atoms with van der Waals surface area (Å²) in [5.74, 6) is -1.75. The van der Waals surface area contributed by atoms with Crippen LogP contribution >= 0.6 is 11.3 Å².